The van der Waals surface area contributed by atoms with Crippen molar-refractivity contribution in [3.8, 4) is 22.6 Å². The summed E-state index contributed by atoms with van der Waals surface area (Å²) in [6.45, 7) is 1.90. The van der Waals surface area contributed by atoms with Gasteiger partial charge in [0.25, 0.3) is 0 Å². The number of rotatable bonds is 7. The lowest BCUT2D eigenvalue weighted by Gasteiger charge is -2.28. The summed E-state index contributed by atoms with van der Waals surface area (Å²) in [6.07, 6.45) is 0. The van der Waals surface area contributed by atoms with Crippen molar-refractivity contribution in [2.24, 2.45) is 0 Å². The Hall–Kier alpha value is -4.14. The molecule has 0 aliphatic rings. The molecule has 1 unspecified atom stereocenters. The van der Waals surface area contributed by atoms with Crippen molar-refractivity contribution >= 4 is 34.3 Å². The van der Waals surface area contributed by atoms with Gasteiger partial charge in [-0.2, -0.15) is 0 Å². The van der Waals surface area contributed by atoms with Gasteiger partial charge in [0.05, 0.1) is 35.3 Å². The van der Waals surface area contributed by atoms with Crippen LogP contribution >= 0.6 is 0 Å². The number of hydrogen-bond donors (Lipinski definition) is 1. The summed E-state index contributed by atoms with van der Waals surface area (Å²) in [4.78, 5) is 12.6. The van der Waals surface area contributed by atoms with Crippen molar-refractivity contribution in [2.75, 3.05) is 17.1 Å². The first kappa shape index (κ1) is 24.0. The molecule has 8 heteroatoms. The molecule has 4 rings (SSSR count). The third-order valence-electron chi connectivity index (χ3n) is 5.35. The largest absolute Gasteiger partial charge is 0.755 e. The molecule has 0 aliphatic carbocycles. The van der Waals surface area contributed by atoms with Crippen LogP contribution in [0.15, 0.2) is 91.0 Å². The number of aryl methyl sites for hydroxylation is 1. The average Bonchev–Trinajstić information content (AvgIpc) is 2.87. The summed E-state index contributed by atoms with van der Waals surface area (Å²) in [5.74, 6) is 0.137. The van der Waals surface area contributed by atoms with E-state index in [1.807, 2.05) is 43.3 Å². The monoisotopic (exact) mass is 487 g/mol. The van der Waals surface area contributed by atoms with E-state index in [1.54, 1.807) is 42.5 Å². The highest BCUT2D eigenvalue weighted by Gasteiger charge is 2.21. The minimum absolute atomic E-state index is 0.0357. The van der Waals surface area contributed by atoms with Crippen molar-refractivity contribution in [3.63, 3.8) is 0 Å². The van der Waals surface area contributed by atoms with E-state index in [0.29, 0.717) is 22.9 Å². The van der Waals surface area contributed by atoms with Crippen molar-refractivity contribution in [1.29, 1.82) is 0 Å². The van der Waals surface area contributed by atoms with E-state index in [4.69, 9.17) is 15.2 Å². The lowest BCUT2D eigenvalue weighted by Crippen LogP contribution is -2.22. The van der Waals surface area contributed by atoms with E-state index >= 15 is 0 Å². The van der Waals surface area contributed by atoms with Crippen molar-refractivity contribution in [3.05, 3.63) is 102 Å². The number of nitrogens with two attached hydrogens (primary N) is 1. The minimum Gasteiger partial charge on any atom is -0.755 e. The van der Waals surface area contributed by atoms with Gasteiger partial charge in [-0.05, 0) is 61.0 Å². The molecule has 0 amide bonds. The summed E-state index contributed by atoms with van der Waals surface area (Å²) in [5, 5.41) is 0. The molecule has 0 saturated carbocycles. The van der Waals surface area contributed by atoms with Gasteiger partial charge < -0.3 is 19.8 Å². The highest BCUT2D eigenvalue weighted by Crippen LogP contribution is 2.36. The minimum atomic E-state index is -2.69. The molecule has 4 aromatic rings. The van der Waals surface area contributed by atoms with E-state index in [0.717, 1.165) is 21.0 Å². The molecule has 178 valence electrons. The number of ether oxygens (including phenoxy) is 2. The van der Waals surface area contributed by atoms with E-state index in [1.165, 1.54) is 19.2 Å². The van der Waals surface area contributed by atoms with Gasteiger partial charge in [-0.3, -0.25) is 8.51 Å². The smallest absolute Gasteiger partial charge is 0.340 e. The Morgan fingerprint density at radius 2 is 1.57 bits per heavy atom. The standard InChI is InChI=1S/C27H24N2O5S/c1-18-8-10-20(11-9-18)29(35(31)32)26-15-13-22(17-24(26)27(30)33-2)34-21-12-14-25(28)23(16-21)19-6-4-3-5-7-19/h3-17H,28H2,1-2H3,(H,31,32)/p-1. The molecule has 35 heavy (non-hydrogen) atoms. The summed E-state index contributed by atoms with van der Waals surface area (Å²) >= 11 is -2.69. The first-order valence-electron chi connectivity index (χ1n) is 10.7. The van der Waals surface area contributed by atoms with Crippen LogP contribution in [0.5, 0.6) is 11.5 Å². The third-order valence-corrected chi connectivity index (χ3v) is 6.06. The topological polar surface area (TPSA) is 105 Å². The molecule has 4 aromatic carbocycles. The summed E-state index contributed by atoms with van der Waals surface area (Å²) < 4.78 is 36.3. The van der Waals surface area contributed by atoms with Crippen LogP contribution in [0.2, 0.25) is 0 Å². The Morgan fingerprint density at radius 1 is 0.914 bits per heavy atom. The Morgan fingerprint density at radius 3 is 2.23 bits per heavy atom. The highest BCUT2D eigenvalue weighted by atomic mass is 32.2. The molecule has 1 atom stereocenters. The van der Waals surface area contributed by atoms with E-state index in [-0.39, 0.29) is 11.3 Å². The second kappa shape index (κ2) is 10.4. The summed E-state index contributed by atoms with van der Waals surface area (Å²) in [6, 6.07) is 26.4. The lowest BCUT2D eigenvalue weighted by atomic mass is 10.0. The fourth-order valence-electron chi connectivity index (χ4n) is 3.62. The molecule has 2 N–H and O–H groups in total. The van der Waals surface area contributed by atoms with Crippen LogP contribution < -0.4 is 14.8 Å². The zero-order valence-electron chi connectivity index (χ0n) is 19.1. The van der Waals surface area contributed by atoms with Crippen LogP contribution in [0.3, 0.4) is 0 Å². The number of benzene rings is 4. The van der Waals surface area contributed by atoms with Gasteiger partial charge in [0.15, 0.2) is 0 Å². The second-order valence-electron chi connectivity index (χ2n) is 7.73. The fourth-order valence-corrected chi connectivity index (χ4v) is 4.23. The molecule has 0 aliphatic heterocycles. The van der Waals surface area contributed by atoms with Gasteiger partial charge in [0, 0.05) is 11.3 Å². The van der Waals surface area contributed by atoms with Gasteiger partial charge in [-0.15, -0.1) is 0 Å². The van der Waals surface area contributed by atoms with Gasteiger partial charge in [-0.25, -0.2) is 4.79 Å². The summed E-state index contributed by atoms with van der Waals surface area (Å²) in [7, 11) is 1.23. The molecular formula is C27H23N2O5S-. The number of esters is 1. The number of hydrogen-bond acceptors (Lipinski definition) is 6. The molecule has 0 fully saturated rings. The predicted molar refractivity (Wildman–Crippen MR) is 136 cm³/mol. The maximum atomic E-state index is 12.6. The molecule has 0 saturated heterocycles. The summed E-state index contributed by atoms with van der Waals surface area (Å²) in [5.41, 5.74) is 10.0. The van der Waals surface area contributed by atoms with Crippen molar-refractivity contribution < 1.29 is 23.0 Å². The van der Waals surface area contributed by atoms with E-state index < -0.39 is 17.2 Å². The third kappa shape index (κ3) is 5.34. The molecule has 0 heterocycles. The highest BCUT2D eigenvalue weighted by molar-refractivity contribution is 7.81. The van der Waals surface area contributed by atoms with E-state index in [2.05, 4.69) is 0 Å². The van der Waals surface area contributed by atoms with Gasteiger partial charge in [0.1, 0.15) is 11.5 Å². The molecular weight excluding hydrogens is 464 g/mol. The van der Waals surface area contributed by atoms with Crippen LogP contribution in [0.25, 0.3) is 11.1 Å². The maximum Gasteiger partial charge on any atom is 0.340 e. The number of carbonyl (C=O) groups excluding carboxylic acids is 1. The van der Waals surface area contributed by atoms with Crippen molar-refractivity contribution in [2.45, 2.75) is 6.92 Å². The van der Waals surface area contributed by atoms with Crippen LogP contribution in [-0.4, -0.2) is 21.8 Å². The van der Waals surface area contributed by atoms with Crippen molar-refractivity contribution in [1.82, 2.24) is 0 Å². The number of carbonyl (C=O) groups is 1. The zero-order valence-corrected chi connectivity index (χ0v) is 20.0. The zero-order chi connectivity index (χ0) is 24.9. The van der Waals surface area contributed by atoms with E-state index in [9.17, 15) is 13.6 Å². The van der Waals surface area contributed by atoms with Gasteiger partial charge >= 0.3 is 5.97 Å². The normalized spacial score (nSPS) is 11.5. The SMILES string of the molecule is COC(=O)c1cc(Oc2ccc(N)c(-c3ccccc3)c2)ccc1N(c1ccc(C)cc1)S(=O)[O-]. The van der Waals surface area contributed by atoms with Crippen LogP contribution in [0, 0.1) is 6.92 Å². The first-order chi connectivity index (χ1) is 16.9. The fraction of sp³-hybridized carbons (Fsp3) is 0.0741. The van der Waals surface area contributed by atoms with Crippen LogP contribution in [0.1, 0.15) is 15.9 Å². The first-order valence-corrected chi connectivity index (χ1v) is 11.7. The van der Waals surface area contributed by atoms with Crippen LogP contribution in [-0.2, 0) is 16.0 Å². The second-order valence-corrected chi connectivity index (χ2v) is 8.53. The molecule has 0 radical (unpaired) electrons. The Bertz CT molecular complexity index is 1370. The number of anilines is 3. The molecule has 7 nitrogen and oxygen atoms in total. The Labute approximate surface area is 206 Å². The lowest BCUT2D eigenvalue weighted by molar-refractivity contribution is 0.0601. The quantitative estimate of drug-likeness (QED) is 0.202. The number of methoxy groups -OCH3 is 1. The molecule has 0 aromatic heterocycles. The number of nitrogen functional groups attached to an aromatic ring is 1. The molecule has 0 spiro atoms. The van der Waals surface area contributed by atoms with Crippen LogP contribution in [0.4, 0.5) is 17.1 Å². The number of nitrogens with zero attached hydrogens (tertiary/aromatic N) is 1. The molecule has 0 bridgehead atoms. The Kier molecular flexibility index (Phi) is 7.14. The van der Waals surface area contributed by atoms with Gasteiger partial charge in [-0.1, -0.05) is 48.0 Å². The average molecular weight is 488 g/mol. The van der Waals surface area contributed by atoms with Gasteiger partial charge in [0.2, 0.25) is 0 Å². The Balaban J connectivity index is 1.73. The maximum absolute atomic E-state index is 12.6. The predicted octanol–water partition coefficient (Wildman–Crippen LogP) is 5.76.